The molecule has 0 aliphatic carbocycles. The van der Waals surface area contributed by atoms with Crippen molar-refractivity contribution in [1.29, 1.82) is 0 Å². The standard InChI is InChI=1S/C29H41NO2/c1-4-6-11-24-14-16-27(30-20-24)28(31)18-25-17-26-15-13-23(19-29(26)32-21-25)12-8-7-10-22(3)9-5-2/h13-16,19-20,22,25H,4-12,17-18,21H2,1-3H3/t22?,25-/m0/s1. The second kappa shape index (κ2) is 12.8. The third kappa shape index (κ3) is 7.46. The van der Waals surface area contributed by atoms with Gasteiger partial charge in [0.05, 0.1) is 6.61 Å². The maximum absolute atomic E-state index is 12.7. The Labute approximate surface area is 195 Å². The van der Waals surface area contributed by atoms with Crippen molar-refractivity contribution in [2.24, 2.45) is 11.8 Å². The fourth-order valence-electron chi connectivity index (χ4n) is 4.71. The molecule has 0 spiro atoms. The normalized spacial score (nSPS) is 16.3. The number of aryl methyl sites for hydroxylation is 2. The van der Waals surface area contributed by atoms with Gasteiger partial charge in [-0.2, -0.15) is 0 Å². The first-order chi connectivity index (χ1) is 15.6. The lowest BCUT2D eigenvalue weighted by Gasteiger charge is -2.25. The molecule has 1 aromatic heterocycles. The summed E-state index contributed by atoms with van der Waals surface area (Å²) < 4.78 is 6.08. The zero-order valence-electron chi connectivity index (χ0n) is 20.4. The van der Waals surface area contributed by atoms with Crippen LogP contribution >= 0.6 is 0 Å². The largest absolute Gasteiger partial charge is 0.493 e. The molecule has 2 aromatic rings. The van der Waals surface area contributed by atoms with Crippen molar-refractivity contribution in [3.05, 3.63) is 58.9 Å². The molecule has 0 saturated heterocycles. The van der Waals surface area contributed by atoms with Crippen LogP contribution in [0.4, 0.5) is 0 Å². The number of ether oxygens (including phenoxy) is 1. The molecule has 32 heavy (non-hydrogen) atoms. The van der Waals surface area contributed by atoms with Gasteiger partial charge >= 0.3 is 0 Å². The second-order valence-electron chi connectivity index (χ2n) is 9.75. The molecule has 1 aliphatic heterocycles. The van der Waals surface area contributed by atoms with Crippen LogP contribution in [-0.4, -0.2) is 17.4 Å². The van der Waals surface area contributed by atoms with Crippen LogP contribution in [0.1, 0.15) is 99.3 Å². The Kier molecular flexibility index (Phi) is 9.77. The van der Waals surface area contributed by atoms with Gasteiger partial charge in [-0.05, 0) is 66.8 Å². The van der Waals surface area contributed by atoms with E-state index >= 15 is 0 Å². The molecule has 1 aliphatic rings. The van der Waals surface area contributed by atoms with E-state index in [2.05, 4.69) is 50.0 Å². The molecule has 0 fully saturated rings. The molecule has 0 N–H and O–H groups in total. The molecular formula is C29H41NO2. The average Bonchev–Trinajstić information content (AvgIpc) is 2.81. The molecule has 2 heterocycles. The summed E-state index contributed by atoms with van der Waals surface area (Å²) >= 11 is 0. The Morgan fingerprint density at radius 1 is 1.03 bits per heavy atom. The Balaban J connectivity index is 1.46. The molecule has 0 bridgehead atoms. The predicted octanol–water partition coefficient (Wildman–Crippen LogP) is 7.40. The Morgan fingerprint density at radius 2 is 1.84 bits per heavy atom. The van der Waals surface area contributed by atoms with Gasteiger partial charge in [0.1, 0.15) is 11.4 Å². The maximum Gasteiger partial charge on any atom is 0.181 e. The van der Waals surface area contributed by atoms with Gasteiger partial charge in [0.25, 0.3) is 0 Å². The van der Waals surface area contributed by atoms with Crippen molar-refractivity contribution in [2.75, 3.05) is 6.61 Å². The molecule has 0 saturated carbocycles. The molecule has 3 rings (SSSR count). The van der Waals surface area contributed by atoms with Gasteiger partial charge < -0.3 is 4.74 Å². The first kappa shape index (κ1) is 24.5. The van der Waals surface area contributed by atoms with Crippen molar-refractivity contribution in [1.82, 2.24) is 4.98 Å². The highest BCUT2D eigenvalue weighted by atomic mass is 16.5. The minimum absolute atomic E-state index is 0.123. The van der Waals surface area contributed by atoms with E-state index in [9.17, 15) is 4.79 Å². The van der Waals surface area contributed by atoms with E-state index in [1.165, 1.54) is 55.2 Å². The first-order valence-electron chi connectivity index (χ1n) is 12.8. The lowest BCUT2D eigenvalue weighted by molar-refractivity contribution is 0.0929. The maximum atomic E-state index is 12.7. The van der Waals surface area contributed by atoms with Crippen LogP contribution in [0.15, 0.2) is 36.5 Å². The summed E-state index contributed by atoms with van der Waals surface area (Å²) in [4.78, 5) is 17.1. The van der Waals surface area contributed by atoms with Gasteiger partial charge in [0.2, 0.25) is 0 Å². The smallest absolute Gasteiger partial charge is 0.181 e. The topological polar surface area (TPSA) is 39.2 Å². The van der Waals surface area contributed by atoms with Gasteiger partial charge in [0, 0.05) is 18.5 Å². The van der Waals surface area contributed by atoms with E-state index in [1.807, 2.05) is 12.3 Å². The number of carbonyl (C=O) groups is 1. The number of aromatic nitrogens is 1. The number of benzene rings is 1. The molecular weight excluding hydrogens is 394 g/mol. The van der Waals surface area contributed by atoms with Gasteiger partial charge in [-0.3, -0.25) is 9.78 Å². The summed E-state index contributed by atoms with van der Waals surface area (Å²) in [5, 5.41) is 0. The monoisotopic (exact) mass is 435 g/mol. The number of nitrogens with zero attached hydrogens (tertiary/aromatic N) is 1. The highest BCUT2D eigenvalue weighted by Gasteiger charge is 2.23. The minimum atomic E-state index is 0.123. The SMILES string of the molecule is CCCCc1ccc(C(=O)C[C@H]2COc3cc(CCCCC(C)CCC)ccc3C2)nc1. The van der Waals surface area contributed by atoms with Crippen molar-refractivity contribution >= 4 is 5.78 Å². The fraction of sp³-hybridized carbons (Fsp3) is 0.586. The van der Waals surface area contributed by atoms with Crippen molar-refractivity contribution in [3.63, 3.8) is 0 Å². The van der Waals surface area contributed by atoms with Gasteiger partial charge in [-0.15, -0.1) is 0 Å². The molecule has 174 valence electrons. The number of rotatable bonds is 13. The van der Waals surface area contributed by atoms with E-state index < -0.39 is 0 Å². The third-order valence-corrected chi connectivity index (χ3v) is 6.71. The molecule has 1 unspecified atom stereocenters. The quantitative estimate of drug-likeness (QED) is 0.243. The minimum Gasteiger partial charge on any atom is -0.493 e. The van der Waals surface area contributed by atoms with Crippen LogP contribution in [0, 0.1) is 11.8 Å². The number of hydrogen-bond acceptors (Lipinski definition) is 3. The van der Waals surface area contributed by atoms with Gasteiger partial charge in [0.15, 0.2) is 5.78 Å². The summed E-state index contributed by atoms with van der Waals surface area (Å²) in [7, 11) is 0. The van der Waals surface area contributed by atoms with Crippen molar-refractivity contribution in [2.45, 2.75) is 91.4 Å². The zero-order valence-corrected chi connectivity index (χ0v) is 20.4. The molecule has 0 radical (unpaired) electrons. The Hall–Kier alpha value is -2.16. The number of unbranched alkanes of at least 4 members (excludes halogenated alkanes) is 2. The summed E-state index contributed by atoms with van der Waals surface area (Å²) in [6.07, 6.45) is 14.3. The Bertz CT molecular complexity index is 843. The van der Waals surface area contributed by atoms with Crippen LogP contribution in [-0.2, 0) is 19.3 Å². The van der Waals surface area contributed by atoms with E-state index in [1.54, 1.807) is 0 Å². The number of ketones is 1. The number of Topliss-reactive ketones (excluding diaryl/α,β-unsaturated/α-hetero) is 1. The highest BCUT2D eigenvalue weighted by molar-refractivity contribution is 5.94. The second-order valence-corrected chi connectivity index (χ2v) is 9.75. The summed E-state index contributed by atoms with van der Waals surface area (Å²) in [6, 6.07) is 10.6. The number of carbonyl (C=O) groups excluding carboxylic acids is 1. The van der Waals surface area contributed by atoms with Crippen molar-refractivity contribution < 1.29 is 9.53 Å². The Morgan fingerprint density at radius 3 is 2.59 bits per heavy atom. The number of fused-ring (bicyclic) bond motifs is 1. The van der Waals surface area contributed by atoms with E-state index in [-0.39, 0.29) is 11.7 Å². The molecule has 3 heteroatoms. The van der Waals surface area contributed by atoms with Crippen LogP contribution in [0.5, 0.6) is 5.75 Å². The lowest BCUT2D eigenvalue weighted by atomic mass is 9.90. The molecule has 3 nitrogen and oxygen atoms in total. The fourth-order valence-corrected chi connectivity index (χ4v) is 4.71. The van der Waals surface area contributed by atoms with E-state index in [0.29, 0.717) is 18.7 Å². The molecule has 1 aromatic carbocycles. The van der Waals surface area contributed by atoms with Crippen molar-refractivity contribution in [3.8, 4) is 5.75 Å². The van der Waals surface area contributed by atoms with Gasteiger partial charge in [-0.25, -0.2) is 0 Å². The summed E-state index contributed by atoms with van der Waals surface area (Å²) in [5.41, 5.74) is 4.40. The van der Waals surface area contributed by atoms with Gasteiger partial charge in [-0.1, -0.05) is 71.1 Å². The van der Waals surface area contributed by atoms with Crippen LogP contribution in [0.25, 0.3) is 0 Å². The zero-order chi connectivity index (χ0) is 22.8. The van der Waals surface area contributed by atoms with E-state index in [4.69, 9.17) is 4.74 Å². The van der Waals surface area contributed by atoms with E-state index in [0.717, 1.165) is 37.4 Å². The third-order valence-electron chi connectivity index (χ3n) is 6.71. The predicted molar refractivity (Wildman–Crippen MR) is 133 cm³/mol. The number of pyridine rings is 1. The first-order valence-corrected chi connectivity index (χ1v) is 12.8. The van der Waals surface area contributed by atoms with Crippen LogP contribution < -0.4 is 4.74 Å². The number of hydrogen-bond donors (Lipinski definition) is 0. The van der Waals surface area contributed by atoms with Crippen LogP contribution in [0.3, 0.4) is 0 Å². The van der Waals surface area contributed by atoms with Crippen LogP contribution in [0.2, 0.25) is 0 Å². The molecule has 0 amide bonds. The molecule has 2 atom stereocenters. The summed E-state index contributed by atoms with van der Waals surface area (Å²) in [5.74, 6) is 2.21. The highest BCUT2D eigenvalue weighted by Crippen LogP contribution is 2.31. The lowest BCUT2D eigenvalue weighted by Crippen LogP contribution is -2.24. The average molecular weight is 436 g/mol. The summed E-state index contributed by atoms with van der Waals surface area (Å²) in [6.45, 7) is 7.44.